The molecule has 76 valence electrons. The first-order valence-electron chi connectivity index (χ1n) is 5.17. The van der Waals surface area contributed by atoms with Crippen molar-refractivity contribution in [2.24, 2.45) is 11.8 Å². The van der Waals surface area contributed by atoms with Gasteiger partial charge in [0.2, 0.25) is 0 Å². The molecule has 2 atom stereocenters. The molecule has 0 spiro atoms. The van der Waals surface area contributed by atoms with Crippen LogP contribution in [0, 0.1) is 11.8 Å². The van der Waals surface area contributed by atoms with E-state index in [4.69, 9.17) is 0 Å². The van der Waals surface area contributed by atoms with Gasteiger partial charge in [-0.3, -0.25) is 4.79 Å². The van der Waals surface area contributed by atoms with Gasteiger partial charge in [0.1, 0.15) is 5.69 Å². The van der Waals surface area contributed by atoms with Crippen molar-refractivity contribution < 1.29 is 4.79 Å². The Bertz CT molecular complexity index is 307. The van der Waals surface area contributed by atoms with Gasteiger partial charge in [-0.05, 0) is 18.8 Å². The summed E-state index contributed by atoms with van der Waals surface area (Å²) in [6, 6.07) is 0. The number of aromatic amines is 1. The average Bonchev–Trinajstić information content (AvgIpc) is 2.69. The van der Waals surface area contributed by atoms with E-state index in [2.05, 4.69) is 22.3 Å². The van der Waals surface area contributed by atoms with Crippen LogP contribution in [0.15, 0.2) is 6.20 Å². The van der Waals surface area contributed by atoms with Crippen LogP contribution in [0.25, 0.3) is 0 Å². The van der Waals surface area contributed by atoms with Crippen molar-refractivity contribution in [2.75, 3.05) is 0 Å². The van der Waals surface area contributed by atoms with E-state index in [1.807, 2.05) is 0 Å². The molecule has 1 N–H and O–H groups in total. The SMILES string of the molecule is CC1CCCC(C(=O)c2cn[nH]n2)C1. The Morgan fingerprint density at radius 3 is 3.07 bits per heavy atom. The molecule has 2 unspecified atom stereocenters. The van der Waals surface area contributed by atoms with Gasteiger partial charge in [0, 0.05) is 5.92 Å². The lowest BCUT2D eigenvalue weighted by Crippen LogP contribution is -2.22. The third-order valence-corrected chi connectivity index (χ3v) is 2.97. The smallest absolute Gasteiger partial charge is 0.187 e. The number of ketones is 1. The first kappa shape index (κ1) is 9.37. The maximum absolute atomic E-state index is 11.9. The van der Waals surface area contributed by atoms with Gasteiger partial charge in [0.05, 0.1) is 6.20 Å². The van der Waals surface area contributed by atoms with Gasteiger partial charge in [0.15, 0.2) is 5.78 Å². The largest absolute Gasteiger partial charge is 0.292 e. The van der Waals surface area contributed by atoms with Gasteiger partial charge in [-0.15, -0.1) is 0 Å². The van der Waals surface area contributed by atoms with E-state index in [1.54, 1.807) is 0 Å². The molecule has 1 aromatic heterocycles. The molecular weight excluding hydrogens is 178 g/mol. The Hall–Kier alpha value is -1.19. The van der Waals surface area contributed by atoms with Gasteiger partial charge in [-0.2, -0.15) is 15.4 Å². The summed E-state index contributed by atoms with van der Waals surface area (Å²) in [4.78, 5) is 11.9. The standard InChI is InChI=1S/C10H15N3O/c1-7-3-2-4-8(5-7)10(14)9-6-11-13-12-9/h6-8H,2-5H2,1H3,(H,11,12,13). The van der Waals surface area contributed by atoms with E-state index in [1.165, 1.54) is 12.6 Å². The van der Waals surface area contributed by atoms with Crippen LogP contribution in [0.3, 0.4) is 0 Å². The topological polar surface area (TPSA) is 58.6 Å². The van der Waals surface area contributed by atoms with Gasteiger partial charge in [0.25, 0.3) is 0 Å². The molecule has 1 saturated carbocycles. The number of nitrogens with one attached hydrogen (secondary N) is 1. The lowest BCUT2D eigenvalue weighted by molar-refractivity contribution is 0.0863. The Labute approximate surface area is 83.1 Å². The lowest BCUT2D eigenvalue weighted by Gasteiger charge is -2.24. The number of Topliss-reactive ketones (excluding diaryl/α,β-unsaturated/α-hetero) is 1. The summed E-state index contributed by atoms with van der Waals surface area (Å²) in [7, 11) is 0. The van der Waals surface area contributed by atoms with Crippen molar-refractivity contribution in [1.29, 1.82) is 0 Å². The van der Waals surface area contributed by atoms with Crippen molar-refractivity contribution in [2.45, 2.75) is 32.6 Å². The predicted molar refractivity (Wildman–Crippen MR) is 51.8 cm³/mol. The van der Waals surface area contributed by atoms with Crippen LogP contribution in [0.2, 0.25) is 0 Å². The highest BCUT2D eigenvalue weighted by atomic mass is 16.1. The number of hydrogen-bond acceptors (Lipinski definition) is 3. The number of aromatic nitrogens is 3. The number of carbonyl (C=O) groups excluding carboxylic acids is 1. The monoisotopic (exact) mass is 193 g/mol. The average molecular weight is 193 g/mol. The summed E-state index contributed by atoms with van der Waals surface area (Å²) in [5.74, 6) is 0.999. The molecule has 2 rings (SSSR count). The summed E-state index contributed by atoms with van der Waals surface area (Å²) >= 11 is 0. The molecule has 1 aromatic rings. The molecule has 0 amide bonds. The number of rotatable bonds is 2. The molecule has 4 nitrogen and oxygen atoms in total. The van der Waals surface area contributed by atoms with Crippen molar-refractivity contribution in [3.05, 3.63) is 11.9 Å². The summed E-state index contributed by atoms with van der Waals surface area (Å²) < 4.78 is 0. The second-order valence-electron chi connectivity index (χ2n) is 4.19. The predicted octanol–water partition coefficient (Wildman–Crippen LogP) is 1.81. The van der Waals surface area contributed by atoms with E-state index in [-0.39, 0.29) is 11.7 Å². The van der Waals surface area contributed by atoms with Crippen LogP contribution < -0.4 is 0 Å². The number of carbonyl (C=O) groups is 1. The fourth-order valence-electron chi connectivity index (χ4n) is 2.20. The molecule has 1 fully saturated rings. The van der Waals surface area contributed by atoms with E-state index in [9.17, 15) is 4.79 Å². The molecule has 1 aliphatic carbocycles. The van der Waals surface area contributed by atoms with Crippen LogP contribution in [-0.4, -0.2) is 21.2 Å². The quantitative estimate of drug-likeness (QED) is 0.729. The Balaban J connectivity index is 2.04. The third-order valence-electron chi connectivity index (χ3n) is 2.97. The van der Waals surface area contributed by atoms with Crippen molar-refractivity contribution in [1.82, 2.24) is 15.4 Å². The van der Waals surface area contributed by atoms with Gasteiger partial charge >= 0.3 is 0 Å². The Morgan fingerprint density at radius 2 is 2.43 bits per heavy atom. The van der Waals surface area contributed by atoms with E-state index >= 15 is 0 Å². The van der Waals surface area contributed by atoms with Gasteiger partial charge in [-0.1, -0.05) is 19.8 Å². The molecule has 0 saturated heterocycles. The van der Waals surface area contributed by atoms with Crippen LogP contribution in [0.1, 0.15) is 43.1 Å². The van der Waals surface area contributed by atoms with E-state index in [0.717, 1.165) is 19.3 Å². The molecule has 0 bridgehead atoms. The lowest BCUT2D eigenvalue weighted by atomic mass is 9.80. The Kier molecular flexibility index (Phi) is 2.61. The highest BCUT2D eigenvalue weighted by Crippen LogP contribution is 2.30. The minimum Gasteiger partial charge on any atom is -0.292 e. The van der Waals surface area contributed by atoms with Crippen molar-refractivity contribution in [3.63, 3.8) is 0 Å². The van der Waals surface area contributed by atoms with Crippen LogP contribution in [0.4, 0.5) is 0 Å². The molecule has 0 aromatic carbocycles. The molecular formula is C10H15N3O. The molecule has 1 heterocycles. The molecule has 4 heteroatoms. The van der Waals surface area contributed by atoms with E-state index < -0.39 is 0 Å². The van der Waals surface area contributed by atoms with Gasteiger partial charge < -0.3 is 0 Å². The first-order valence-corrected chi connectivity index (χ1v) is 5.17. The zero-order valence-corrected chi connectivity index (χ0v) is 8.36. The highest BCUT2D eigenvalue weighted by Gasteiger charge is 2.26. The van der Waals surface area contributed by atoms with Crippen LogP contribution in [-0.2, 0) is 0 Å². The first-order chi connectivity index (χ1) is 6.77. The van der Waals surface area contributed by atoms with Crippen molar-refractivity contribution >= 4 is 5.78 Å². The summed E-state index contributed by atoms with van der Waals surface area (Å²) in [5.41, 5.74) is 0.490. The minimum atomic E-state index is 0.158. The summed E-state index contributed by atoms with van der Waals surface area (Å²) in [6.45, 7) is 2.21. The minimum absolute atomic E-state index is 0.158. The Morgan fingerprint density at radius 1 is 1.57 bits per heavy atom. The second-order valence-corrected chi connectivity index (χ2v) is 4.19. The number of hydrogen-bond donors (Lipinski definition) is 1. The maximum Gasteiger partial charge on any atom is 0.187 e. The molecule has 0 radical (unpaired) electrons. The number of nitrogens with zero attached hydrogens (tertiary/aromatic N) is 2. The fourth-order valence-corrected chi connectivity index (χ4v) is 2.20. The zero-order chi connectivity index (χ0) is 9.97. The molecule has 1 aliphatic rings. The highest BCUT2D eigenvalue weighted by molar-refractivity contribution is 5.95. The summed E-state index contributed by atoms with van der Waals surface area (Å²) in [6.07, 6.45) is 5.95. The molecule has 14 heavy (non-hydrogen) atoms. The van der Waals surface area contributed by atoms with Crippen LogP contribution >= 0.6 is 0 Å². The second kappa shape index (κ2) is 3.90. The van der Waals surface area contributed by atoms with E-state index in [0.29, 0.717) is 11.6 Å². The number of H-pyrrole nitrogens is 1. The molecule has 0 aliphatic heterocycles. The third kappa shape index (κ3) is 1.84. The fraction of sp³-hybridized carbons (Fsp3) is 0.700. The normalized spacial score (nSPS) is 27.5. The van der Waals surface area contributed by atoms with Crippen LogP contribution in [0.5, 0.6) is 0 Å². The maximum atomic E-state index is 11.9. The van der Waals surface area contributed by atoms with Crippen molar-refractivity contribution in [3.8, 4) is 0 Å². The zero-order valence-electron chi connectivity index (χ0n) is 8.36. The van der Waals surface area contributed by atoms with Gasteiger partial charge in [-0.25, -0.2) is 0 Å². The summed E-state index contributed by atoms with van der Waals surface area (Å²) in [5, 5.41) is 9.97.